The van der Waals surface area contributed by atoms with Crippen LogP contribution >= 0.6 is 24.8 Å². The molecule has 0 spiro atoms. The number of benzene rings is 2. The highest BCUT2D eigenvalue weighted by Gasteiger charge is 2.21. The summed E-state index contributed by atoms with van der Waals surface area (Å²) in [5, 5.41) is 3.45. The normalized spacial score (nSPS) is 17.2. The van der Waals surface area contributed by atoms with Crippen molar-refractivity contribution in [1.29, 1.82) is 0 Å². The van der Waals surface area contributed by atoms with Crippen LogP contribution in [0.2, 0.25) is 0 Å². The van der Waals surface area contributed by atoms with Gasteiger partial charge < -0.3 is 10.1 Å². The van der Waals surface area contributed by atoms with Crippen molar-refractivity contribution in [2.45, 2.75) is 19.5 Å². The molecular weight excluding hydrogens is 383 g/mol. The van der Waals surface area contributed by atoms with E-state index in [2.05, 4.69) is 52.0 Å². The quantitative estimate of drug-likeness (QED) is 0.714. The van der Waals surface area contributed by atoms with E-state index in [1.54, 1.807) is 7.11 Å². The van der Waals surface area contributed by atoms with Crippen LogP contribution in [0.15, 0.2) is 48.5 Å². The predicted molar refractivity (Wildman–Crippen MR) is 115 cm³/mol. The Morgan fingerprint density at radius 1 is 1.11 bits per heavy atom. The lowest BCUT2D eigenvalue weighted by Crippen LogP contribution is -2.49. The molecule has 1 aromatic heterocycles. The molecule has 1 fully saturated rings. The largest absolute Gasteiger partial charge is 0.497 e. The number of ether oxygens (including phenoxy) is 1. The molecule has 0 aliphatic carbocycles. The minimum Gasteiger partial charge on any atom is -0.497 e. The van der Waals surface area contributed by atoms with Crippen molar-refractivity contribution in [3.05, 3.63) is 54.4 Å². The van der Waals surface area contributed by atoms with Gasteiger partial charge in [-0.05, 0) is 43.3 Å². The van der Waals surface area contributed by atoms with Gasteiger partial charge in [0.2, 0.25) is 0 Å². The fourth-order valence-electron chi connectivity index (χ4n) is 3.50. The van der Waals surface area contributed by atoms with E-state index in [4.69, 9.17) is 9.72 Å². The van der Waals surface area contributed by atoms with Crippen LogP contribution in [0.3, 0.4) is 0 Å². The zero-order chi connectivity index (χ0) is 17.2. The molecule has 0 amide bonds. The Balaban J connectivity index is 0.00000131. The first-order chi connectivity index (χ1) is 12.3. The average molecular weight is 409 g/mol. The lowest BCUT2D eigenvalue weighted by atomic mass is 10.2. The lowest BCUT2D eigenvalue weighted by molar-refractivity contribution is 0.161. The molecule has 2 aromatic carbocycles. The van der Waals surface area contributed by atoms with Gasteiger partial charge in [0, 0.05) is 31.4 Å². The third kappa shape index (κ3) is 4.38. The number of fused-ring (bicyclic) bond motifs is 1. The number of halogens is 2. The van der Waals surface area contributed by atoms with E-state index in [1.807, 2.05) is 18.2 Å². The van der Waals surface area contributed by atoms with Crippen LogP contribution < -0.4 is 10.1 Å². The fourth-order valence-corrected chi connectivity index (χ4v) is 3.50. The van der Waals surface area contributed by atoms with E-state index < -0.39 is 0 Å². The van der Waals surface area contributed by atoms with Gasteiger partial charge in [0.1, 0.15) is 11.6 Å². The summed E-state index contributed by atoms with van der Waals surface area (Å²) in [5.41, 5.74) is 3.30. The molecule has 1 aliphatic rings. The summed E-state index contributed by atoms with van der Waals surface area (Å²) < 4.78 is 7.57. The van der Waals surface area contributed by atoms with Crippen molar-refractivity contribution in [2.75, 3.05) is 26.7 Å². The van der Waals surface area contributed by atoms with Crippen molar-refractivity contribution in [3.8, 4) is 11.4 Å². The molecule has 3 aromatic rings. The van der Waals surface area contributed by atoms with Gasteiger partial charge in [-0.25, -0.2) is 4.98 Å². The monoisotopic (exact) mass is 408 g/mol. The number of para-hydroxylation sites is 2. The Morgan fingerprint density at radius 3 is 2.56 bits per heavy atom. The molecule has 7 heteroatoms. The molecule has 1 aliphatic heterocycles. The van der Waals surface area contributed by atoms with Crippen molar-refractivity contribution in [3.63, 3.8) is 0 Å². The van der Waals surface area contributed by atoms with Gasteiger partial charge in [-0.1, -0.05) is 12.1 Å². The molecule has 1 N–H and O–H groups in total. The maximum Gasteiger partial charge on any atom is 0.128 e. The summed E-state index contributed by atoms with van der Waals surface area (Å²) in [4.78, 5) is 7.43. The topological polar surface area (TPSA) is 42.3 Å². The van der Waals surface area contributed by atoms with Crippen LogP contribution in [-0.2, 0) is 6.54 Å². The van der Waals surface area contributed by atoms with E-state index in [0.717, 1.165) is 54.5 Å². The first-order valence-electron chi connectivity index (χ1n) is 8.82. The number of piperazine rings is 1. The van der Waals surface area contributed by atoms with Gasteiger partial charge in [-0.3, -0.25) is 9.47 Å². The van der Waals surface area contributed by atoms with Gasteiger partial charge in [-0.2, -0.15) is 0 Å². The first-order valence-corrected chi connectivity index (χ1v) is 8.82. The van der Waals surface area contributed by atoms with Crippen LogP contribution in [0.1, 0.15) is 12.7 Å². The number of nitrogens with zero attached hydrogens (tertiary/aromatic N) is 3. The number of aromatic nitrogens is 2. The molecular formula is C20H26Cl2N4O. The van der Waals surface area contributed by atoms with Crippen LogP contribution in [0, 0.1) is 0 Å². The summed E-state index contributed by atoms with van der Waals surface area (Å²) >= 11 is 0. The van der Waals surface area contributed by atoms with Crippen LogP contribution in [0.25, 0.3) is 16.7 Å². The molecule has 2 heterocycles. The van der Waals surface area contributed by atoms with Crippen LogP contribution in [-0.4, -0.2) is 47.2 Å². The zero-order valence-electron chi connectivity index (χ0n) is 15.6. The number of hydrogen-bond acceptors (Lipinski definition) is 4. The second kappa shape index (κ2) is 9.42. The first kappa shape index (κ1) is 21.5. The minimum absolute atomic E-state index is 0. The van der Waals surface area contributed by atoms with Crippen molar-refractivity contribution >= 4 is 35.8 Å². The molecule has 146 valence electrons. The second-order valence-corrected chi connectivity index (χ2v) is 6.57. The molecule has 1 atom stereocenters. The van der Waals surface area contributed by atoms with E-state index >= 15 is 0 Å². The Bertz CT molecular complexity index is 866. The number of nitrogens with one attached hydrogen (secondary N) is 1. The SMILES string of the molecule is COc1ccc(-n2c(CN3CCNC[C@@H]3C)nc3ccccc32)cc1.Cl.Cl. The maximum atomic E-state index is 5.30. The maximum absolute atomic E-state index is 5.30. The highest BCUT2D eigenvalue weighted by Crippen LogP contribution is 2.24. The highest BCUT2D eigenvalue weighted by molar-refractivity contribution is 5.85. The number of rotatable bonds is 4. The molecule has 5 nitrogen and oxygen atoms in total. The Hall–Kier alpha value is -1.79. The predicted octanol–water partition coefficient (Wildman–Crippen LogP) is 3.67. The third-order valence-corrected chi connectivity index (χ3v) is 4.94. The standard InChI is InChI=1S/C20H24N4O.2ClH/c1-15-13-21-11-12-23(15)14-20-22-18-5-3-4-6-19(18)24(20)16-7-9-17(25-2)10-8-16;;/h3-10,15,21H,11-14H2,1-2H3;2*1H/t15-;;/m0../s1. The van der Waals surface area contributed by atoms with Crippen LogP contribution in [0.5, 0.6) is 5.75 Å². The molecule has 1 saturated heterocycles. The van der Waals surface area contributed by atoms with Crippen molar-refractivity contribution < 1.29 is 4.74 Å². The van der Waals surface area contributed by atoms with Crippen molar-refractivity contribution in [1.82, 2.24) is 19.8 Å². The summed E-state index contributed by atoms with van der Waals surface area (Å²) in [7, 11) is 1.69. The van der Waals surface area contributed by atoms with Crippen molar-refractivity contribution in [2.24, 2.45) is 0 Å². The fraction of sp³-hybridized carbons (Fsp3) is 0.350. The van der Waals surface area contributed by atoms with E-state index in [-0.39, 0.29) is 24.8 Å². The molecule has 0 saturated carbocycles. The van der Waals surface area contributed by atoms with Gasteiger partial charge in [0.15, 0.2) is 0 Å². The molecule has 4 rings (SSSR count). The summed E-state index contributed by atoms with van der Waals surface area (Å²) in [6.07, 6.45) is 0. The Morgan fingerprint density at radius 2 is 1.85 bits per heavy atom. The summed E-state index contributed by atoms with van der Waals surface area (Å²) in [6, 6.07) is 17.0. The molecule has 0 bridgehead atoms. The van der Waals surface area contributed by atoms with E-state index in [1.165, 1.54) is 0 Å². The third-order valence-electron chi connectivity index (χ3n) is 4.94. The molecule has 0 unspecified atom stereocenters. The van der Waals surface area contributed by atoms with Crippen LogP contribution in [0.4, 0.5) is 0 Å². The summed E-state index contributed by atoms with van der Waals surface area (Å²) in [5.74, 6) is 1.95. The van der Waals surface area contributed by atoms with Gasteiger partial charge in [-0.15, -0.1) is 24.8 Å². The number of imidazole rings is 1. The number of methoxy groups -OCH3 is 1. The van der Waals surface area contributed by atoms with Gasteiger partial charge in [0.25, 0.3) is 0 Å². The van der Waals surface area contributed by atoms with Gasteiger partial charge in [0.05, 0.1) is 24.7 Å². The highest BCUT2D eigenvalue weighted by atomic mass is 35.5. The molecule has 0 radical (unpaired) electrons. The lowest BCUT2D eigenvalue weighted by Gasteiger charge is -2.33. The van der Waals surface area contributed by atoms with E-state index in [9.17, 15) is 0 Å². The zero-order valence-corrected chi connectivity index (χ0v) is 17.2. The second-order valence-electron chi connectivity index (χ2n) is 6.57. The minimum atomic E-state index is 0. The molecule has 27 heavy (non-hydrogen) atoms. The number of hydrogen-bond donors (Lipinski definition) is 1. The smallest absolute Gasteiger partial charge is 0.128 e. The van der Waals surface area contributed by atoms with Gasteiger partial charge >= 0.3 is 0 Å². The summed E-state index contributed by atoms with van der Waals surface area (Å²) in [6.45, 7) is 6.24. The van der Waals surface area contributed by atoms with E-state index in [0.29, 0.717) is 6.04 Å². The average Bonchev–Trinajstić information content (AvgIpc) is 3.01. The Kier molecular flexibility index (Phi) is 7.50. The Labute approximate surface area is 172 Å².